The first-order chi connectivity index (χ1) is 16.0. The number of ether oxygens (including phenoxy) is 2. The van der Waals surface area contributed by atoms with Gasteiger partial charge in [-0.2, -0.15) is 0 Å². The third-order valence-electron chi connectivity index (χ3n) is 7.16. The minimum Gasteiger partial charge on any atom is -0.481 e. The number of carbonyl (C=O) groups excluding carboxylic acids is 1. The van der Waals surface area contributed by atoms with E-state index in [4.69, 9.17) is 14.6 Å². The van der Waals surface area contributed by atoms with E-state index in [1.165, 1.54) is 0 Å². The van der Waals surface area contributed by atoms with Crippen molar-refractivity contribution in [3.8, 4) is 11.1 Å². The Morgan fingerprint density at radius 1 is 1.09 bits per heavy atom. The van der Waals surface area contributed by atoms with Gasteiger partial charge in [0.2, 0.25) is 0 Å². The zero-order chi connectivity index (χ0) is 22.9. The maximum Gasteiger partial charge on any atom is 0.411 e. The van der Waals surface area contributed by atoms with Crippen LogP contribution in [0.5, 0.6) is 0 Å². The van der Waals surface area contributed by atoms with E-state index in [2.05, 4.69) is 17.3 Å². The number of aliphatic carboxylic acids is 1. The lowest BCUT2D eigenvalue weighted by atomic mass is 9.99. The topological polar surface area (TPSA) is 91.4 Å². The van der Waals surface area contributed by atoms with Crippen LogP contribution in [0.2, 0.25) is 0 Å². The molecule has 174 valence electrons. The maximum absolute atomic E-state index is 12.9. The lowest BCUT2D eigenvalue weighted by molar-refractivity contribution is -0.137. The highest BCUT2D eigenvalue weighted by Crippen LogP contribution is 2.48. The number of hydrogen-bond acceptors (Lipinski definition) is 5. The van der Waals surface area contributed by atoms with Crippen molar-refractivity contribution in [3.05, 3.63) is 54.1 Å². The minimum atomic E-state index is -0.772. The predicted molar refractivity (Wildman–Crippen MR) is 124 cm³/mol. The second-order valence-electron chi connectivity index (χ2n) is 9.34. The van der Waals surface area contributed by atoms with Crippen LogP contribution >= 0.6 is 0 Å². The summed E-state index contributed by atoms with van der Waals surface area (Å²) in [5, 5.41) is 11.8. The zero-order valence-corrected chi connectivity index (χ0v) is 18.8. The van der Waals surface area contributed by atoms with E-state index in [1.54, 1.807) is 0 Å². The molecule has 33 heavy (non-hydrogen) atoms. The molecule has 3 aliphatic heterocycles. The molecule has 0 radical (unpaired) electrons. The van der Waals surface area contributed by atoms with E-state index in [-0.39, 0.29) is 12.5 Å². The van der Waals surface area contributed by atoms with E-state index in [0.717, 1.165) is 42.4 Å². The Bertz CT molecular complexity index is 1010. The minimum absolute atomic E-state index is 0.105. The number of morpholine rings is 1. The monoisotopic (exact) mass is 450 g/mol. The molecule has 2 aromatic carbocycles. The van der Waals surface area contributed by atoms with E-state index in [1.807, 2.05) is 48.5 Å². The summed E-state index contributed by atoms with van der Waals surface area (Å²) in [6.07, 6.45) is 4.02. The first kappa shape index (κ1) is 21.9. The van der Waals surface area contributed by atoms with Crippen LogP contribution < -0.4 is 5.32 Å². The molecule has 2 N–H and O–H groups in total. The van der Waals surface area contributed by atoms with Gasteiger partial charge in [0.05, 0.1) is 5.69 Å². The van der Waals surface area contributed by atoms with Gasteiger partial charge in [0.15, 0.2) is 0 Å². The molecule has 5 rings (SSSR count). The summed E-state index contributed by atoms with van der Waals surface area (Å²) in [5.41, 5.74) is 3.72. The van der Waals surface area contributed by atoms with E-state index >= 15 is 0 Å². The lowest BCUT2D eigenvalue weighted by Crippen LogP contribution is -2.48. The molecular weight excluding hydrogens is 420 g/mol. The van der Waals surface area contributed by atoms with Crippen LogP contribution in [0.4, 0.5) is 10.5 Å². The van der Waals surface area contributed by atoms with Gasteiger partial charge in [0.25, 0.3) is 0 Å². The molecule has 0 aliphatic carbocycles. The smallest absolute Gasteiger partial charge is 0.411 e. The fraction of sp³-hybridized carbons (Fsp3) is 0.462. The average molecular weight is 451 g/mol. The number of nitrogens with one attached hydrogen (secondary N) is 1. The number of unbranched alkanes of at least 4 members (excludes halogenated alkanes) is 1. The molecule has 3 fully saturated rings. The van der Waals surface area contributed by atoms with Gasteiger partial charge in [-0.15, -0.1) is 0 Å². The number of epoxide rings is 1. The van der Waals surface area contributed by atoms with Crippen LogP contribution in [-0.2, 0) is 20.7 Å². The number of carboxylic acids is 1. The van der Waals surface area contributed by atoms with Crippen molar-refractivity contribution in [2.24, 2.45) is 0 Å². The van der Waals surface area contributed by atoms with Gasteiger partial charge in [-0.3, -0.25) is 15.0 Å². The second-order valence-corrected chi connectivity index (χ2v) is 9.34. The Hall–Kier alpha value is -2.90. The average Bonchev–Trinajstić information content (AvgIpc) is 3.56. The van der Waals surface area contributed by atoms with Gasteiger partial charge in [-0.05, 0) is 43.5 Å². The number of rotatable bonds is 8. The van der Waals surface area contributed by atoms with Crippen LogP contribution in [0.1, 0.15) is 37.7 Å². The Morgan fingerprint density at radius 2 is 1.82 bits per heavy atom. The number of fused-ring (bicyclic) bond motifs is 5. The summed E-state index contributed by atoms with van der Waals surface area (Å²) >= 11 is 0. The zero-order valence-electron chi connectivity index (χ0n) is 18.8. The van der Waals surface area contributed by atoms with Crippen LogP contribution in [0.25, 0.3) is 11.1 Å². The summed E-state index contributed by atoms with van der Waals surface area (Å²) < 4.78 is 11.6. The highest BCUT2D eigenvalue weighted by Gasteiger charge is 2.62. The van der Waals surface area contributed by atoms with Crippen LogP contribution in [0, 0.1) is 0 Å². The van der Waals surface area contributed by atoms with Crippen molar-refractivity contribution in [2.75, 3.05) is 12.4 Å². The molecule has 3 aliphatic rings. The van der Waals surface area contributed by atoms with Crippen LogP contribution in [-0.4, -0.2) is 59.5 Å². The lowest BCUT2D eigenvalue weighted by Gasteiger charge is -2.37. The Kier molecular flexibility index (Phi) is 6.08. The molecule has 3 heterocycles. The Morgan fingerprint density at radius 3 is 2.52 bits per heavy atom. The molecule has 3 saturated heterocycles. The molecular formula is C26H30N2O5. The molecule has 5 atom stereocenters. The molecule has 7 heteroatoms. The second kappa shape index (κ2) is 9.15. The van der Waals surface area contributed by atoms with Crippen molar-refractivity contribution in [1.29, 1.82) is 0 Å². The summed E-state index contributed by atoms with van der Waals surface area (Å²) in [4.78, 5) is 26.0. The summed E-state index contributed by atoms with van der Waals surface area (Å²) in [7, 11) is 2.13. The third-order valence-corrected chi connectivity index (χ3v) is 7.16. The quantitative estimate of drug-likeness (QED) is 0.460. The molecule has 0 aromatic heterocycles. The number of benzene rings is 2. The van der Waals surface area contributed by atoms with Crippen molar-refractivity contribution in [3.63, 3.8) is 0 Å². The first-order valence-electron chi connectivity index (χ1n) is 11.7. The van der Waals surface area contributed by atoms with Gasteiger partial charge < -0.3 is 14.6 Å². The molecule has 7 nitrogen and oxygen atoms in total. The largest absolute Gasteiger partial charge is 0.481 e. The summed E-state index contributed by atoms with van der Waals surface area (Å²) in [6.45, 7) is 0. The van der Waals surface area contributed by atoms with Crippen LogP contribution in [0.15, 0.2) is 48.5 Å². The summed E-state index contributed by atoms with van der Waals surface area (Å²) in [6, 6.07) is 16.6. The van der Waals surface area contributed by atoms with Crippen molar-refractivity contribution >= 4 is 17.7 Å². The fourth-order valence-electron chi connectivity index (χ4n) is 5.41. The highest BCUT2D eigenvalue weighted by molar-refractivity contribution is 5.91. The van der Waals surface area contributed by atoms with E-state index in [9.17, 15) is 9.59 Å². The molecule has 0 spiro atoms. The number of likely N-dealkylation sites (N-methyl/N-ethyl adjacent to an activating group) is 1. The summed E-state index contributed by atoms with van der Waals surface area (Å²) in [5.74, 6) is -0.772. The number of piperidine rings is 1. The number of anilines is 1. The van der Waals surface area contributed by atoms with Gasteiger partial charge in [-0.25, -0.2) is 4.79 Å². The van der Waals surface area contributed by atoms with Crippen LogP contribution in [0.3, 0.4) is 0 Å². The Balaban J connectivity index is 1.27. The van der Waals surface area contributed by atoms with Gasteiger partial charge in [0, 0.05) is 36.9 Å². The number of hydrogen-bond donors (Lipinski definition) is 2. The van der Waals surface area contributed by atoms with E-state index in [0.29, 0.717) is 36.4 Å². The van der Waals surface area contributed by atoms with Crippen molar-refractivity contribution in [1.82, 2.24) is 4.90 Å². The number of nitrogens with zero attached hydrogens (tertiary/aromatic N) is 1. The number of amides is 1. The van der Waals surface area contributed by atoms with Crippen molar-refractivity contribution in [2.45, 2.75) is 68.9 Å². The fourth-order valence-corrected chi connectivity index (χ4v) is 5.41. The standard InChI is InChI=1S/C26H30N2O5/c1-28-21-14-18(15-22(28)25-24(21)33-25)32-26(31)27-20-13-16(7-5-6-10-23(29)30)11-12-19(20)17-8-3-2-4-9-17/h2-4,8-9,11-13,18,21-22,24-25H,5-7,10,14-15H2,1H3,(H,27,31)(H,29,30)/t18-,21-,22-,24-,25+/m0/s1. The molecule has 0 unspecified atom stereocenters. The van der Waals surface area contributed by atoms with Gasteiger partial charge >= 0.3 is 12.1 Å². The first-order valence-corrected chi connectivity index (χ1v) is 11.7. The number of aryl methyl sites for hydroxylation is 1. The SMILES string of the molecule is CN1[C@H]2C[C@H](OC(=O)Nc3cc(CCCCC(=O)O)ccc3-c3ccccc3)C[C@H]1[C@H]1O[C@H]12. The normalized spacial score (nSPS) is 27.6. The molecule has 1 amide bonds. The maximum atomic E-state index is 12.9. The highest BCUT2D eigenvalue weighted by atomic mass is 16.6. The van der Waals surface area contributed by atoms with Crippen molar-refractivity contribution < 1.29 is 24.2 Å². The third kappa shape index (κ3) is 4.75. The molecule has 0 saturated carbocycles. The predicted octanol–water partition coefficient (Wildman–Crippen LogP) is 4.31. The number of carboxylic acid groups (broad SMARTS) is 1. The molecule has 2 aromatic rings. The Labute approximate surface area is 193 Å². The van der Waals surface area contributed by atoms with E-state index < -0.39 is 12.1 Å². The van der Waals surface area contributed by atoms with Gasteiger partial charge in [-0.1, -0.05) is 42.5 Å². The molecule has 2 bridgehead atoms. The van der Waals surface area contributed by atoms with Gasteiger partial charge in [0.1, 0.15) is 18.3 Å². The number of carbonyl (C=O) groups is 2.